The summed E-state index contributed by atoms with van der Waals surface area (Å²) in [6.07, 6.45) is 5.94. The van der Waals surface area contributed by atoms with Gasteiger partial charge in [0.15, 0.2) is 0 Å². The molecular formula is C17H28N2O3S. The van der Waals surface area contributed by atoms with Crippen molar-refractivity contribution in [3.8, 4) is 0 Å². The number of carbonyl (C=O) groups is 1. The van der Waals surface area contributed by atoms with Gasteiger partial charge in [0.05, 0.1) is 4.90 Å². The van der Waals surface area contributed by atoms with Gasteiger partial charge in [-0.3, -0.25) is 4.79 Å². The molecule has 1 amide bonds. The average Bonchev–Trinajstić information content (AvgIpc) is 2.53. The molecule has 0 aliphatic rings. The Hall–Kier alpha value is -1.40. The van der Waals surface area contributed by atoms with Gasteiger partial charge in [0.2, 0.25) is 16.4 Å². The zero-order chi connectivity index (χ0) is 17.1. The maximum Gasteiger partial charge on any atom is 0.240 e. The maximum atomic E-state index is 12.1. The monoisotopic (exact) mass is 340 g/mol. The molecular weight excluding hydrogens is 312 g/mol. The topological polar surface area (TPSA) is 66.5 Å². The highest BCUT2D eigenvalue weighted by molar-refractivity contribution is 7.89. The number of benzene rings is 1. The van der Waals surface area contributed by atoms with Crippen LogP contribution in [0.15, 0.2) is 29.2 Å². The van der Waals surface area contributed by atoms with Gasteiger partial charge in [-0.2, -0.15) is 0 Å². The average molecular weight is 340 g/mol. The van der Waals surface area contributed by atoms with E-state index in [4.69, 9.17) is 0 Å². The van der Waals surface area contributed by atoms with Crippen molar-refractivity contribution in [2.45, 2.75) is 50.8 Å². The molecule has 0 heterocycles. The first kappa shape index (κ1) is 19.6. The van der Waals surface area contributed by atoms with Gasteiger partial charge in [0, 0.05) is 19.6 Å². The number of nitrogens with one attached hydrogen (secondary N) is 1. The molecule has 0 unspecified atom stereocenters. The van der Waals surface area contributed by atoms with Gasteiger partial charge < -0.3 is 4.90 Å². The number of nitrogens with zero attached hydrogens (tertiary/aromatic N) is 1. The van der Waals surface area contributed by atoms with Crippen molar-refractivity contribution >= 4 is 16.4 Å². The Labute approximate surface area is 140 Å². The molecule has 1 N–H and O–H groups in total. The van der Waals surface area contributed by atoms with Gasteiger partial charge in [-0.25, -0.2) is 13.1 Å². The first-order valence-corrected chi connectivity index (χ1v) is 9.73. The van der Waals surface area contributed by atoms with Crippen LogP contribution in [0, 0.1) is 6.92 Å². The van der Waals surface area contributed by atoms with E-state index in [2.05, 4.69) is 11.6 Å². The van der Waals surface area contributed by atoms with Gasteiger partial charge in [-0.1, -0.05) is 43.9 Å². The Bertz CT molecular complexity index is 556. The molecule has 5 nitrogen and oxygen atoms in total. The van der Waals surface area contributed by atoms with Crippen molar-refractivity contribution in [1.29, 1.82) is 0 Å². The predicted molar refractivity (Wildman–Crippen MR) is 92.8 cm³/mol. The standard InChI is InChI=1S/C17H28N2O3S/c1-3-4-5-6-13-19(15-20)14-7-12-18-23(21,22)17-10-8-16(2)9-11-17/h8-11,15,18H,3-7,12-14H2,1-2H3. The number of rotatable bonds is 12. The summed E-state index contributed by atoms with van der Waals surface area (Å²) in [5.74, 6) is 0. The fourth-order valence-electron chi connectivity index (χ4n) is 2.25. The first-order chi connectivity index (χ1) is 11.0. The minimum Gasteiger partial charge on any atom is -0.345 e. The Morgan fingerprint density at radius 3 is 2.30 bits per heavy atom. The molecule has 0 aliphatic heterocycles. The summed E-state index contributed by atoms with van der Waals surface area (Å²) in [4.78, 5) is 13.0. The van der Waals surface area contributed by atoms with Crippen LogP contribution in [0.5, 0.6) is 0 Å². The molecule has 23 heavy (non-hydrogen) atoms. The summed E-state index contributed by atoms with van der Waals surface area (Å²) in [7, 11) is -3.46. The zero-order valence-electron chi connectivity index (χ0n) is 14.1. The molecule has 130 valence electrons. The predicted octanol–water partition coefficient (Wildman–Crippen LogP) is 2.70. The summed E-state index contributed by atoms with van der Waals surface area (Å²) < 4.78 is 26.8. The highest BCUT2D eigenvalue weighted by atomic mass is 32.2. The highest BCUT2D eigenvalue weighted by Gasteiger charge is 2.12. The quantitative estimate of drug-likeness (QED) is 0.470. The fourth-order valence-corrected chi connectivity index (χ4v) is 3.32. The van der Waals surface area contributed by atoms with E-state index in [9.17, 15) is 13.2 Å². The molecule has 0 fully saturated rings. The molecule has 0 spiro atoms. The molecule has 0 saturated heterocycles. The zero-order valence-corrected chi connectivity index (χ0v) is 14.9. The van der Waals surface area contributed by atoms with E-state index in [1.54, 1.807) is 29.2 Å². The molecule has 1 rings (SSSR count). The molecule has 1 aromatic carbocycles. The second kappa shape index (κ2) is 10.4. The van der Waals surface area contributed by atoms with E-state index in [0.717, 1.165) is 31.4 Å². The number of hydrogen-bond donors (Lipinski definition) is 1. The Morgan fingerprint density at radius 2 is 1.70 bits per heavy atom. The van der Waals surface area contributed by atoms with Crippen molar-refractivity contribution in [2.24, 2.45) is 0 Å². The second-order valence-corrected chi connectivity index (χ2v) is 7.53. The van der Waals surface area contributed by atoms with Crippen molar-refractivity contribution in [2.75, 3.05) is 19.6 Å². The lowest BCUT2D eigenvalue weighted by atomic mass is 10.2. The van der Waals surface area contributed by atoms with E-state index in [0.29, 0.717) is 19.5 Å². The van der Waals surface area contributed by atoms with Crippen LogP contribution in [0.2, 0.25) is 0 Å². The van der Waals surface area contributed by atoms with Gasteiger partial charge in [-0.15, -0.1) is 0 Å². The van der Waals surface area contributed by atoms with Crippen molar-refractivity contribution in [1.82, 2.24) is 9.62 Å². The van der Waals surface area contributed by atoms with E-state index in [1.807, 2.05) is 6.92 Å². The minimum atomic E-state index is -3.46. The lowest BCUT2D eigenvalue weighted by Gasteiger charge is -2.17. The summed E-state index contributed by atoms with van der Waals surface area (Å²) in [5, 5.41) is 0. The third kappa shape index (κ3) is 7.61. The van der Waals surface area contributed by atoms with Crippen LogP contribution in [0.3, 0.4) is 0 Å². The third-order valence-electron chi connectivity index (χ3n) is 3.69. The van der Waals surface area contributed by atoms with Gasteiger partial charge >= 0.3 is 0 Å². The number of amides is 1. The lowest BCUT2D eigenvalue weighted by Crippen LogP contribution is -2.30. The van der Waals surface area contributed by atoms with Gasteiger partial charge in [0.25, 0.3) is 0 Å². The first-order valence-electron chi connectivity index (χ1n) is 8.25. The fraction of sp³-hybridized carbons (Fsp3) is 0.588. The molecule has 6 heteroatoms. The van der Waals surface area contributed by atoms with Crippen LogP contribution in [0.4, 0.5) is 0 Å². The molecule has 1 aromatic rings. The molecule has 0 atom stereocenters. The van der Waals surface area contributed by atoms with E-state index < -0.39 is 10.0 Å². The molecule has 0 aromatic heterocycles. The smallest absolute Gasteiger partial charge is 0.240 e. The molecule has 0 radical (unpaired) electrons. The number of carbonyl (C=O) groups excluding carboxylic acids is 1. The molecule has 0 aliphatic carbocycles. The van der Waals surface area contributed by atoms with Gasteiger partial charge in [-0.05, 0) is 31.9 Å². The summed E-state index contributed by atoms with van der Waals surface area (Å²) >= 11 is 0. The summed E-state index contributed by atoms with van der Waals surface area (Å²) in [5.41, 5.74) is 1.02. The number of sulfonamides is 1. The third-order valence-corrected chi connectivity index (χ3v) is 5.17. The van der Waals surface area contributed by atoms with E-state index in [-0.39, 0.29) is 4.90 Å². The Morgan fingerprint density at radius 1 is 1.04 bits per heavy atom. The van der Waals surface area contributed by atoms with Crippen LogP contribution in [-0.4, -0.2) is 39.4 Å². The van der Waals surface area contributed by atoms with Crippen LogP contribution in [0.1, 0.15) is 44.6 Å². The largest absolute Gasteiger partial charge is 0.345 e. The van der Waals surface area contributed by atoms with Crippen molar-refractivity contribution in [3.05, 3.63) is 29.8 Å². The van der Waals surface area contributed by atoms with Crippen LogP contribution >= 0.6 is 0 Å². The number of aryl methyl sites for hydroxylation is 1. The van der Waals surface area contributed by atoms with Crippen LogP contribution in [-0.2, 0) is 14.8 Å². The maximum absolute atomic E-state index is 12.1. The minimum absolute atomic E-state index is 0.273. The lowest BCUT2D eigenvalue weighted by molar-refractivity contribution is -0.118. The highest BCUT2D eigenvalue weighted by Crippen LogP contribution is 2.09. The SMILES string of the molecule is CCCCCCN(C=O)CCCNS(=O)(=O)c1ccc(C)cc1. The summed E-state index contributed by atoms with van der Waals surface area (Å²) in [6.45, 7) is 5.71. The van der Waals surface area contributed by atoms with Gasteiger partial charge in [0.1, 0.15) is 0 Å². The summed E-state index contributed by atoms with van der Waals surface area (Å²) in [6, 6.07) is 6.75. The van der Waals surface area contributed by atoms with E-state index >= 15 is 0 Å². The molecule has 0 bridgehead atoms. The Balaban J connectivity index is 2.32. The number of hydrogen-bond acceptors (Lipinski definition) is 3. The van der Waals surface area contributed by atoms with E-state index in [1.165, 1.54) is 12.8 Å². The van der Waals surface area contributed by atoms with Crippen molar-refractivity contribution < 1.29 is 13.2 Å². The van der Waals surface area contributed by atoms with Crippen LogP contribution < -0.4 is 4.72 Å². The number of unbranched alkanes of at least 4 members (excludes halogenated alkanes) is 3. The van der Waals surface area contributed by atoms with Crippen molar-refractivity contribution in [3.63, 3.8) is 0 Å². The Kier molecular flexibility index (Phi) is 8.87. The normalized spacial score (nSPS) is 11.4. The van der Waals surface area contributed by atoms with Crippen LogP contribution in [0.25, 0.3) is 0 Å². The molecule has 0 saturated carbocycles. The second-order valence-electron chi connectivity index (χ2n) is 5.77.